The molecule has 5 aromatic rings. The van der Waals surface area contributed by atoms with Crippen molar-refractivity contribution in [3.05, 3.63) is 48.9 Å². The highest BCUT2D eigenvalue weighted by atomic mass is 16.2. The third-order valence-electron chi connectivity index (χ3n) is 6.82. The third kappa shape index (κ3) is 4.41. The largest absolute Gasteiger partial charge is 0.356 e. The predicted molar refractivity (Wildman–Crippen MR) is 146 cm³/mol. The highest BCUT2D eigenvalue weighted by Gasteiger charge is 2.22. The molecule has 0 atom stereocenters. The Bertz CT molecular complexity index is 1600. The SMILES string of the molecule is CC(C)(C)C(=O)Nc1cncc(-c2ccc3[nH]nc(-c4cc5c(N6CCCCC6)nccc5[nH]4)c3n2)c1. The smallest absolute Gasteiger partial charge is 0.229 e. The molecule has 3 N–H and O–H groups in total. The van der Waals surface area contributed by atoms with E-state index in [-0.39, 0.29) is 5.91 Å². The van der Waals surface area contributed by atoms with Crippen molar-refractivity contribution in [1.29, 1.82) is 0 Å². The van der Waals surface area contributed by atoms with Gasteiger partial charge in [0, 0.05) is 41.8 Å². The Morgan fingerprint density at radius 3 is 2.68 bits per heavy atom. The van der Waals surface area contributed by atoms with Crippen LogP contribution in [0, 0.1) is 5.41 Å². The summed E-state index contributed by atoms with van der Waals surface area (Å²) in [6.45, 7) is 7.71. The number of nitrogens with one attached hydrogen (secondary N) is 3. The number of hydrogen-bond donors (Lipinski definition) is 3. The molecule has 0 unspecified atom stereocenters. The second-order valence-corrected chi connectivity index (χ2v) is 10.7. The number of piperidine rings is 1. The molecule has 188 valence electrons. The van der Waals surface area contributed by atoms with Gasteiger partial charge < -0.3 is 15.2 Å². The summed E-state index contributed by atoms with van der Waals surface area (Å²) in [6.07, 6.45) is 8.93. The van der Waals surface area contributed by atoms with Crippen LogP contribution in [0.15, 0.2) is 48.9 Å². The minimum atomic E-state index is -0.498. The number of pyridine rings is 3. The van der Waals surface area contributed by atoms with Crippen molar-refractivity contribution in [1.82, 2.24) is 30.1 Å². The predicted octanol–water partition coefficient (Wildman–Crippen LogP) is 5.54. The maximum atomic E-state index is 12.4. The number of amides is 1. The standard InChI is InChI=1S/C28H30N8O/c1-28(2,3)27(37)31-18-13-17(15-29-16-18)20-7-8-22-24(33-20)25(35-34-22)23-14-19-21(32-23)9-10-30-26(19)36-11-5-4-6-12-36/h7-10,13-16,32H,4-6,11-12H2,1-3H3,(H,31,37)(H,34,35). The van der Waals surface area contributed by atoms with Crippen LogP contribution in [0.4, 0.5) is 11.5 Å². The number of hydrogen-bond acceptors (Lipinski definition) is 6. The molecule has 9 nitrogen and oxygen atoms in total. The fourth-order valence-electron chi connectivity index (χ4n) is 4.74. The Balaban J connectivity index is 1.37. The number of aromatic amines is 2. The van der Waals surface area contributed by atoms with E-state index in [1.165, 1.54) is 19.3 Å². The van der Waals surface area contributed by atoms with Gasteiger partial charge in [-0.1, -0.05) is 20.8 Å². The molecule has 6 rings (SSSR count). The summed E-state index contributed by atoms with van der Waals surface area (Å²) in [5.74, 6) is 0.956. The van der Waals surface area contributed by atoms with Gasteiger partial charge in [0.1, 0.15) is 17.0 Å². The van der Waals surface area contributed by atoms with Crippen LogP contribution < -0.4 is 10.2 Å². The first-order chi connectivity index (χ1) is 17.9. The quantitative estimate of drug-likeness (QED) is 0.302. The molecular weight excluding hydrogens is 464 g/mol. The van der Waals surface area contributed by atoms with Crippen LogP contribution in [0.1, 0.15) is 40.0 Å². The minimum Gasteiger partial charge on any atom is -0.356 e. The summed E-state index contributed by atoms with van der Waals surface area (Å²) < 4.78 is 0. The fraction of sp³-hybridized carbons (Fsp3) is 0.321. The highest BCUT2D eigenvalue weighted by Crippen LogP contribution is 2.33. The molecule has 1 aliphatic rings. The first-order valence-corrected chi connectivity index (χ1v) is 12.7. The van der Waals surface area contributed by atoms with E-state index >= 15 is 0 Å². The van der Waals surface area contributed by atoms with Crippen LogP contribution in [0.25, 0.3) is 44.6 Å². The molecule has 5 aromatic heterocycles. The molecule has 1 amide bonds. The Morgan fingerprint density at radius 1 is 1.03 bits per heavy atom. The van der Waals surface area contributed by atoms with Crippen molar-refractivity contribution in [2.45, 2.75) is 40.0 Å². The zero-order valence-electron chi connectivity index (χ0n) is 21.3. The molecule has 0 radical (unpaired) electrons. The number of nitrogens with zero attached hydrogens (tertiary/aromatic N) is 5. The van der Waals surface area contributed by atoms with Gasteiger partial charge in [-0.15, -0.1) is 0 Å². The Kier molecular flexibility index (Phi) is 5.62. The molecule has 1 aliphatic heterocycles. The van der Waals surface area contributed by atoms with E-state index in [9.17, 15) is 4.79 Å². The number of anilines is 2. The number of H-pyrrole nitrogens is 2. The van der Waals surface area contributed by atoms with Gasteiger partial charge in [0.2, 0.25) is 5.91 Å². The van der Waals surface area contributed by atoms with Gasteiger partial charge in [-0.25, -0.2) is 9.97 Å². The van der Waals surface area contributed by atoms with Gasteiger partial charge in [0.05, 0.1) is 34.3 Å². The topological polar surface area (TPSA) is 115 Å². The number of carbonyl (C=O) groups excluding carboxylic acids is 1. The van der Waals surface area contributed by atoms with Gasteiger partial charge in [0.15, 0.2) is 0 Å². The summed E-state index contributed by atoms with van der Waals surface area (Å²) >= 11 is 0. The minimum absolute atomic E-state index is 0.0656. The van der Waals surface area contributed by atoms with Crippen LogP contribution in [0.2, 0.25) is 0 Å². The molecule has 0 bridgehead atoms. The van der Waals surface area contributed by atoms with E-state index in [0.29, 0.717) is 5.69 Å². The van der Waals surface area contributed by atoms with Crippen LogP contribution in [0.5, 0.6) is 0 Å². The van der Waals surface area contributed by atoms with E-state index in [1.807, 2.05) is 51.2 Å². The first-order valence-electron chi connectivity index (χ1n) is 12.7. The molecule has 9 heteroatoms. The first kappa shape index (κ1) is 23.1. The summed E-state index contributed by atoms with van der Waals surface area (Å²) in [5, 5.41) is 11.7. The van der Waals surface area contributed by atoms with E-state index in [1.54, 1.807) is 12.4 Å². The fourth-order valence-corrected chi connectivity index (χ4v) is 4.74. The second kappa shape index (κ2) is 8.99. The zero-order valence-corrected chi connectivity index (χ0v) is 21.3. The molecule has 6 heterocycles. The zero-order chi connectivity index (χ0) is 25.6. The van der Waals surface area contributed by atoms with Crippen LogP contribution in [0.3, 0.4) is 0 Å². The number of rotatable bonds is 4. The Labute approximate surface area is 214 Å². The number of carbonyl (C=O) groups is 1. The maximum absolute atomic E-state index is 12.4. The van der Waals surface area contributed by atoms with Crippen molar-refractivity contribution >= 4 is 39.3 Å². The molecule has 1 saturated heterocycles. The lowest BCUT2D eigenvalue weighted by Gasteiger charge is -2.28. The molecule has 37 heavy (non-hydrogen) atoms. The van der Waals surface area contributed by atoms with Crippen molar-refractivity contribution in [3.8, 4) is 22.6 Å². The normalized spacial score (nSPS) is 14.4. The maximum Gasteiger partial charge on any atom is 0.229 e. The average Bonchev–Trinajstić information content (AvgIpc) is 3.52. The second-order valence-electron chi connectivity index (χ2n) is 10.7. The van der Waals surface area contributed by atoms with Gasteiger partial charge in [-0.05, 0) is 49.6 Å². The third-order valence-corrected chi connectivity index (χ3v) is 6.82. The van der Waals surface area contributed by atoms with E-state index < -0.39 is 5.41 Å². The Morgan fingerprint density at radius 2 is 1.86 bits per heavy atom. The molecule has 1 fully saturated rings. The van der Waals surface area contributed by atoms with Gasteiger partial charge >= 0.3 is 0 Å². The monoisotopic (exact) mass is 494 g/mol. The number of fused-ring (bicyclic) bond motifs is 2. The Hall–Kier alpha value is -4.27. The highest BCUT2D eigenvalue weighted by molar-refractivity contribution is 5.98. The molecule has 0 saturated carbocycles. The van der Waals surface area contributed by atoms with E-state index in [2.05, 4.69) is 36.4 Å². The van der Waals surface area contributed by atoms with Gasteiger partial charge in [-0.2, -0.15) is 5.10 Å². The van der Waals surface area contributed by atoms with Crippen molar-refractivity contribution in [2.24, 2.45) is 5.41 Å². The van der Waals surface area contributed by atoms with Gasteiger partial charge in [-0.3, -0.25) is 14.9 Å². The van der Waals surface area contributed by atoms with Gasteiger partial charge in [0.25, 0.3) is 0 Å². The van der Waals surface area contributed by atoms with Crippen LogP contribution >= 0.6 is 0 Å². The van der Waals surface area contributed by atoms with E-state index in [0.717, 1.165) is 63.5 Å². The lowest BCUT2D eigenvalue weighted by molar-refractivity contribution is -0.123. The summed E-state index contributed by atoms with van der Waals surface area (Å²) in [6, 6.07) is 9.92. The van der Waals surface area contributed by atoms with Crippen molar-refractivity contribution in [2.75, 3.05) is 23.3 Å². The van der Waals surface area contributed by atoms with E-state index in [4.69, 9.17) is 9.97 Å². The summed E-state index contributed by atoms with van der Waals surface area (Å²) in [4.78, 5) is 32.3. The lowest BCUT2D eigenvalue weighted by Crippen LogP contribution is -2.30. The average molecular weight is 495 g/mol. The molecule has 0 aromatic carbocycles. The number of aromatic nitrogens is 6. The summed E-state index contributed by atoms with van der Waals surface area (Å²) in [7, 11) is 0. The van der Waals surface area contributed by atoms with Crippen molar-refractivity contribution in [3.63, 3.8) is 0 Å². The lowest BCUT2D eigenvalue weighted by atomic mass is 9.95. The molecule has 0 spiro atoms. The van der Waals surface area contributed by atoms with Crippen molar-refractivity contribution < 1.29 is 4.79 Å². The van der Waals surface area contributed by atoms with Crippen LogP contribution in [-0.2, 0) is 4.79 Å². The molecular formula is C28H30N8O. The van der Waals surface area contributed by atoms with Crippen LogP contribution in [-0.4, -0.2) is 49.1 Å². The summed E-state index contributed by atoms with van der Waals surface area (Å²) in [5.41, 5.74) is 5.99. The molecule has 0 aliphatic carbocycles.